The van der Waals surface area contributed by atoms with Crippen LogP contribution in [0.4, 0.5) is 0 Å². The van der Waals surface area contributed by atoms with Crippen molar-refractivity contribution in [2.75, 3.05) is 26.2 Å². The molecule has 6 heteroatoms. The van der Waals surface area contributed by atoms with Crippen molar-refractivity contribution in [2.24, 2.45) is 11.8 Å². The summed E-state index contributed by atoms with van der Waals surface area (Å²) in [5, 5.41) is 10.8. The largest absolute Gasteiger partial charge is 2.00 e. The van der Waals surface area contributed by atoms with E-state index >= 15 is 0 Å². The number of rotatable bonds is 12. The molecule has 4 rings (SSSR count). The van der Waals surface area contributed by atoms with Crippen LogP contribution in [0, 0.1) is 41.5 Å². The summed E-state index contributed by atoms with van der Waals surface area (Å²) >= 11 is 4.48. The molecule has 0 aromatic heterocycles. The summed E-state index contributed by atoms with van der Waals surface area (Å²) < 4.78 is 0.755. The maximum atomic E-state index is 9.08. The number of nitrogens with zero attached hydrogens (tertiary/aromatic N) is 1. The van der Waals surface area contributed by atoms with E-state index in [-0.39, 0.29) is 63.8 Å². The summed E-state index contributed by atoms with van der Waals surface area (Å²) in [5.41, 5.74) is 0. The van der Waals surface area contributed by atoms with Crippen LogP contribution in [-0.4, -0.2) is 56.2 Å². The van der Waals surface area contributed by atoms with Gasteiger partial charge in [-0.2, -0.15) is 23.5 Å². The molecule has 0 aromatic rings. The van der Waals surface area contributed by atoms with Crippen LogP contribution in [0.2, 0.25) is 0 Å². The molecule has 0 heterocycles. The third kappa shape index (κ3) is 28.4. The number of aliphatic hydroxyl groups excluding tert-OH is 1. The summed E-state index contributed by atoms with van der Waals surface area (Å²) in [5.74, 6) is 1.75. The summed E-state index contributed by atoms with van der Waals surface area (Å²) in [6, 6.07) is 0. The van der Waals surface area contributed by atoms with Gasteiger partial charge in [0.2, 0.25) is 0 Å². The van der Waals surface area contributed by atoms with Crippen LogP contribution < -0.4 is 0 Å². The molecule has 2 nitrogen and oxygen atoms in total. The van der Waals surface area contributed by atoms with E-state index < -0.39 is 0 Å². The molecular weight excluding hydrogens is 686 g/mol. The molecule has 0 amide bonds. The van der Waals surface area contributed by atoms with E-state index in [0.717, 1.165) is 28.8 Å². The Hall–Kier alpha value is 1.66. The molecule has 4 unspecified atom stereocenters. The number of unbranched alkanes of at least 4 members (excludes halogenated alkanes) is 3. The van der Waals surface area contributed by atoms with Gasteiger partial charge in [0, 0.05) is 39.7 Å². The van der Waals surface area contributed by atoms with Gasteiger partial charge in [0.15, 0.2) is 0 Å². The second-order valence-electron chi connectivity index (χ2n) is 15.4. The molecular formula is C40H83Fe2NOS2. The molecule has 4 fully saturated rings. The van der Waals surface area contributed by atoms with Gasteiger partial charge in [0.1, 0.15) is 0 Å². The first kappa shape index (κ1) is 57.0. The van der Waals surface area contributed by atoms with Gasteiger partial charge in [-0.1, -0.05) is 131 Å². The summed E-state index contributed by atoms with van der Waals surface area (Å²) in [6.07, 6.45) is 28.3. The molecule has 0 spiro atoms. The zero-order chi connectivity index (χ0) is 29.3. The topological polar surface area (TPSA) is 23.5 Å². The molecule has 1 N–H and O–H groups in total. The van der Waals surface area contributed by atoms with Gasteiger partial charge in [-0.15, -0.1) is 0 Å². The number of hydrogen-bond donors (Lipinski definition) is 1. The Morgan fingerprint density at radius 1 is 0.500 bits per heavy atom. The van der Waals surface area contributed by atoms with Crippen molar-refractivity contribution in [1.29, 1.82) is 0 Å². The van der Waals surface area contributed by atoms with E-state index in [1.165, 1.54) is 142 Å². The summed E-state index contributed by atoms with van der Waals surface area (Å²) in [7, 11) is 0. The molecule has 0 aromatic carbocycles. The summed E-state index contributed by atoms with van der Waals surface area (Å²) in [6.45, 7) is 18.6. The summed E-state index contributed by atoms with van der Waals surface area (Å²) in [4.78, 5) is 2.87. The fourth-order valence-corrected chi connectivity index (χ4v) is 10.3. The Balaban J connectivity index is -0.000000298. The zero-order valence-electron chi connectivity index (χ0n) is 32.7. The normalized spacial score (nSPS) is 23.5. The Kier molecular flexibility index (Phi) is 40.4. The van der Waals surface area contributed by atoms with E-state index in [0.29, 0.717) is 16.1 Å². The quantitative estimate of drug-likeness (QED) is 0.121. The van der Waals surface area contributed by atoms with Gasteiger partial charge in [0.05, 0.1) is 0 Å². The smallest absolute Gasteiger partial charge is 0.396 e. The second kappa shape index (κ2) is 32.6. The number of hydrogen-bond acceptors (Lipinski definition) is 4. The van der Waals surface area contributed by atoms with E-state index in [1.807, 2.05) is 0 Å². The predicted molar refractivity (Wildman–Crippen MR) is 211 cm³/mol. The van der Waals surface area contributed by atoms with Crippen LogP contribution in [0.3, 0.4) is 0 Å². The van der Waals surface area contributed by atoms with Crippen LogP contribution in [-0.2, 0) is 34.1 Å². The molecule has 0 bridgehead atoms. The van der Waals surface area contributed by atoms with E-state index in [9.17, 15) is 0 Å². The molecule has 0 aliphatic heterocycles. The van der Waals surface area contributed by atoms with Gasteiger partial charge >= 0.3 is 34.1 Å². The average Bonchev–Trinajstić information content (AvgIpc) is 3.68. The van der Waals surface area contributed by atoms with Crippen molar-refractivity contribution >= 4 is 23.5 Å². The first-order chi connectivity index (χ1) is 19.1. The maximum Gasteiger partial charge on any atom is 2.00 e. The Labute approximate surface area is 323 Å². The molecule has 4 aliphatic rings. The third-order valence-electron chi connectivity index (χ3n) is 9.06. The molecule has 282 valence electrons. The van der Waals surface area contributed by atoms with Crippen LogP contribution in [0.25, 0.3) is 0 Å². The van der Waals surface area contributed by atoms with Crippen molar-refractivity contribution in [3.05, 3.63) is 29.7 Å². The van der Waals surface area contributed by atoms with Crippen molar-refractivity contribution in [2.45, 2.75) is 190 Å². The Morgan fingerprint density at radius 3 is 1.13 bits per heavy atom. The molecule has 0 saturated heterocycles. The van der Waals surface area contributed by atoms with Gasteiger partial charge in [-0.05, 0) is 56.9 Å². The fraction of sp³-hybridized carbons (Fsp3) is 0.900. The molecule has 4 saturated carbocycles. The Morgan fingerprint density at radius 2 is 0.826 bits per heavy atom. The van der Waals surface area contributed by atoms with Gasteiger partial charge in [0.25, 0.3) is 0 Å². The minimum Gasteiger partial charge on any atom is -0.396 e. The van der Waals surface area contributed by atoms with Gasteiger partial charge < -0.3 is 39.7 Å². The van der Waals surface area contributed by atoms with Crippen molar-refractivity contribution in [1.82, 2.24) is 4.90 Å². The van der Waals surface area contributed by atoms with Crippen LogP contribution in [0.1, 0.15) is 170 Å². The molecule has 4 atom stereocenters. The maximum absolute atomic E-state index is 9.08. The van der Waals surface area contributed by atoms with Crippen molar-refractivity contribution in [3.8, 4) is 0 Å². The first-order valence-electron chi connectivity index (χ1n) is 17.8. The molecule has 4 aliphatic carbocycles. The SMILES string of the molecule is C1CCCC1.C1CCCC1.CC(C)(C)SC1CCCC1CN(CCCCCCO)CC1CCCC1SC(C)(C)C.[CH3-].[CH3-].[CH3-].[CH3-].[Fe+2].[Fe+2]. The first-order valence-corrected chi connectivity index (χ1v) is 19.5. The van der Waals surface area contributed by atoms with Crippen LogP contribution in [0.15, 0.2) is 0 Å². The average molecular weight is 770 g/mol. The molecule has 0 radical (unpaired) electrons. The third-order valence-corrected chi connectivity index (χ3v) is 12.3. The van der Waals surface area contributed by atoms with Crippen LogP contribution >= 0.6 is 23.5 Å². The van der Waals surface area contributed by atoms with Gasteiger partial charge in [-0.25, -0.2) is 0 Å². The van der Waals surface area contributed by atoms with Crippen LogP contribution in [0.5, 0.6) is 0 Å². The van der Waals surface area contributed by atoms with E-state index in [4.69, 9.17) is 5.11 Å². The van der Waals surface area contributed by atoms with Crippen molar-refractivity contribution in [3.63, 3.8) is 0 Å². The fourth-order valence-electron chi connectivity index (χ4n) is 7.13. The van der Waals surface area contributed by atoms with Crippen molar-refractivity contribution < 1.29 is 39.2 Å². The minimum absolute atomic E-state index is 0. The predicted octanol–water partition coefficient (Wildman–Crippen LogP) is 12.9. The number of aliphatic hydroxyl groups is 1. The van der Waals surface area contributed by atoms with E-state index in [2.05, 4.69) is 70.0 Å². The standard InChI is InChI=1S/C26H51NOS2.2C5H10.4CH3.2Fe/c1-25(2,3)29-23-15-11-13-21(23)19-27(17-9-7-8-10-18-28)20-22-14-12-16-24(22)30-26(4,5)6;2*1-2-4-5-3-1;;;;;;/h21-24,28H,7-20H2,1-6H3;2*1-5H2;4*1H3;;/q;;;4*-1;2*+2. The second-order valence-corrected chi connectivity index (χ2v) is 19.5. The zero-order valence-corrected chi connectivity index (χ0v) is 36.5. The van der Waals surface area contributed by atoms with Gasteiger partial charge in [-0.3, -0.25) is 0 Å². The minimum atomic E-state index is 0. The van der Waals surface area contributed by atoms with E-state index in [1.54, 1.807) is 0 Å². The number of thioether (sulfide) groups is 2. The Bertz CT molecular complexity index is 556. The monoisotopic (exact) mass is 769 g/mol. The molecule has 46 heavy (non-hydrogen) atoms.